The van der Waals surface area contributed by atoms with Crippen LogP contribution in [0.4, 0.5) is 22.7 Å². The Labute approximate surface area is 187 Å². The Morgan fingerprint density at radius 2 is 1.79 bits per heavy atom. The highest BCUT2D eigenvalue weighted by atomic mass is 32.2. The summed E-state index contributed by atoms with van der Waals surface area (Å²) in [6.45, 7) is 0. The molecule has 3 N–H and O–H groups in total. The molecule has 0 saturated carbocycles. The molecule has 0 bridgehead atoms. The predicted molar refractivity (Wildman–Crippen MR) is 121 cm³/mol. The molecule has 0 aliphatic heterocycles. The summed E-state index contributed by atoms with van der Waals surface area (Å²) < 4.78 is 33.1. The lowest BCUT2D eigenvalue weighted by Crippen LogP contribution is -2.13. The summed E-state index contributed by atoms with van der Waals surface area (Å²) in [6.07, 6.45) is 0. The van der Waals surface area contributed by atoms with E-state index in [1.165, 1.54) is 25.3 Å². The minimum atomic E-state index is -4.16. The number of aromatic nitrogens is 1. The monoisotopic (exact) mass is 467 g/mol. The molecule has 0 fully saturated rings. The fraction of sp³-hybridized carbons (Fsp3) is 0.0476. The van der Waals surface area contributed by atoms with E-state index in [1.807, 2.05) is 0 Å². The maximum absolute atomic E-state index is 12.8. The Hall–Kier alpha value is -4.45. The van der Waals surface area contributed by atoms with Gasteiger partial charge in [-0.1, -0.05) is 30.3 Å². The number of nitrogens with one attached hydrogen (secondary N) is 2. The first-order chi connectivity index (χ1) is 15.8. The molecule has 12 heteroatoms. The molecule has 4 aromatic rings. The first-order valence-electron chi connectivity index (χ1n) is 9.46. The van der Waals surface area contributed by atoms with Crippen molar-refractivity contribution in [2.45, 2.75) is 4.90 Å². The third-order valence-corrected chi connectivity index (χ3v) is 6.09. The van der Waals surface area contributed by atoms with Gasteiger partial charge >= 0.3 is 0 Å². The number of sulfonamides is 1. The second-order valence-electron chi connectivity index (χ2n) is 6.78. The zero-order valence-corrected chi connectivity index (χ0v) is 17.9. The van der Waals surface area contributed by atoms with Gasteiger partial charge in [-0.15, -0.1) is 10.2 Å². The Balaban J connectivity index is 1.70. The zero-order chi connectivity index (χ0) is 23.6. The molecule has 0 amide bonds. The van der Waals surface area contributed by atoms with Crippen molar-refractivity contribution in [3.63, 3.8) is 0 Å². The molecule has 0 aliphatic rings. The van der Waals surface area contributed by atoms with Crippen molar-refractivity contribution in [2.75, 3.05) is 11.8 Å². The number of nitro benzene ring substituents is 1. The maximum atomic E-state index is 12.8. The van der Waals surface area contributed by atoms with Gasteiger partial charge in [0.2, 0.25) is 5.88 Å². The van der Waals surface area contributed by atoms with Crippen LogP contribution in [0, 0.1) is 10.1 Å². The molecule has 1 aromatic heterocycles. The van der Waals surface area contributed by atoms with E-state index in [0.29, 0.717) is 16.7 Å². The quantitative estimate of drug-likeness (QED) is 0.197. The van der Waals surface area contributed by atoms with Gasteiger partial charge in [0.25, 0.3) is 15.7 Å². The number of H-pyrrole nitrogens is 1. The largest absolute Gasteiger partial charge is 0.495 e. The number of aromatic amines is 1. The van der Waals surface area contributed by atoms with Gasteiger partial charge in [-0.2, -0.15) is 0 Å². The molecule has 33 heavy (non-hydrogen) atoms. The molecular weight excluding hydrogens is 450 g/mol. The van der Waals surface area contributed by atoms with Gasteiger partial charge in [0.05, 0.1) is 28.1 Å². The Morgan fingerprint density at radius 1 is 1.06 bits per heavy atom. The van der Waals surface area contributed by atoms with Crippen LogP contribution >= 0.6 is 0 Å². The average molecular weight is 467 g/mol. The van der Waals surface area contributed by atoms with E-state index in [-0.39, 0.29) is 27.8 Å². The van der Waals surface area contributed by atoms with Crippen LogP contribution in [0.2, 0.25) is 0 Å². The molecule has 1 heterocycles. The first kappa shape index (κ1) is 21.8. The molecular formula is C21H17N5O6S. The number of methoxy groups -OCH3 is 1. The molecule has 0 aliphatic carbocycles. The van der Waals surface area contributed by atoms with E-state index in [4.69, 9.17) is 4.74 Å². The fourth-order valence-corrected chi connectivity index (χ4v) is 4.24. The molecule has 168 valence electrons. The number of hydrogen-bond acceptors (Lipinski definition) is 8. The summed E-state index contributed by atoms with van der Waals surface area (Å²) in [5.74, 6) is 0.0438. The number of para-hydroxylation sites is 3. The Kier molecular flexibility index (Phi) is 5.67. The molecule has 4 rings (SSSR count). The van der Waals surface area contributed by atoms with Crippen LogP contribution in [0.1, 0.15) is 0 Å². The van der Waals surface area contributed by atoms with Crippen LogP contribution in [-0.2, 0) is 10.0 Å². The number of benzene rings is 3. The number of azo groups is 1. The van der Waals surface area contributed by atoms with Crippen LogP contribution in [-0.4, -0.2) is 30.5 Å². The van der Waals surface area contributed by atoms with Gasteiger partial charge < -0.3 is 14.8 Å². The lowest BCUT2D eigenvalue weighted by Gasteiger charge is -2.11. The Bertz CT molecular complexity index is 1500. The van der Waals surface area contributed by atoms with E-state index in [9.17, 15) is 23.6 Å². The van der Waals surface area contributed by atoms with Crippen LogP contribution in [0.3, 0.4) is 0 Å². The smallest absolute Gasteiger partial charge is 0.298 e. The summed E-state index contributed by atoms with van der Waals surface area (Å²) >= 11 is 0. The van der Waals surface area contributed by atoms with Crippen molar-refractivity contribution < 1.29 is 23.2 Å². The topological polar surface area (TPSA) is 159 Å². The number of anilines is 1. The lowest BCUT2D eigenvalue weighted by atomic mass is 10.2. The number of aromatic hydroxyl groups is 1. The molecule has 3 aromatic carbocycles. The average Bonchev–Trinajstić information content (AvgIpc) is 3.12. The minimum absolute atomic E-state index is 0.106. The zero-order valence-electron chi connectivity index (χ0n) is 17.1. The highest BCUT2D eigenvalue weighted by molar-refractivity contribution is 7.92. The van der Waals surface area contributed by atoms with Crippen molar-refractivity contribution in [3.8, 4) is 11.6 Å². The molecule has 0 spiro atoms. The summed E-state index contributed by atoms with van der Waals surface area (Å²) in [4.78, 5) is 13.2. The lowest BCUT2D eigenvalue weighted by molar-refractivity contribution is -0.384. The molecule has 0 saturated heterocycles. The minimum Gasteiger partial charge on any atom is -0.495 e. The van der Waals surface area contributed by atoms with E-state index in [2.05, 4.69) is 19.9 Å². The van der Waals surface area contributed by atoms with E-state index in [1.54, 1.807) is 42.5 Å². The summed E-state index contributed by atoms with van der Waals surface area (Å²) in [7, 11) is -2.77. The predicted octanol–water partition coefficient (Wildman–Crippen LogP) is 5.01. The summed E-state index contributed by atoms with van der Waals surface area (Å²) in [5, 5.41) is 30.1. The summed E-state index contributed by atoms with van der Waals surface area (Å²) in [5.41, 5.74) is 0.153. The van der Waals surface area contributed by atoms with Crippen molar-refractivity contribution in [1.82, 2.24) is 4.98 Å². The van der Waals surface area contributed by atoms with Crippen molar-refractivity contribution in [1.29, 1.82) is 0 Å². The standard InChI is InChI=1S/C21H17N5O6S/c1-32-19-9-5-4-8-17(19)25-33(30,31)13-10-11-16(18(12-13)26(28)29)23-24-20-14-6-2-3-7-15(14)22-21(20)27/h2-12,22,25,27H,1H3. The second kappa shape index (κ2) is 8.59. The van der Waals surface area contributed by atoms with Crippen LogP contribution < -0.4 is 9.46 Å². The normalized spacial score (nSPS) is 11.7. The molecule has 11 nitrogen and oxygen atoms in total. The van der Waals surface area contributed by atoms with Gasteiger partial charge in [0.15, 0.2) is 11.4 Å². The second-order valence-corrected chi connectivity index (χ2v) is 8.46. The van der Waals surface area contributed by atoms with Gasteiger partial charge in [0.1, 0.15) is 5.75 Å². The molecule has 0 radical (unpaired) electrons. The highest BCUT2D eigenvalue weighted by Crippen LogP contribution is 2.38. The number of nitrogens with zero attached hydrogens (tertiary/aromatic N) is 3. The van der Waals surface area contributed by atoms with Crippen molar-refractivity contribution >= 4 is 43.7 Å². The third-order valence-electron chi connectivity index (χ3n) is 4.72. The number of ether oxygens (including phenoxy) is 1. The van der Waals surface area contributed by atoms with Crippen LogP contribution in [0.15, 0.2) is 81.9 Å². The van der Waals surface area contributed by atoms with E-state index < -0.39 is 20.6 Å². The van der Waals surface area contributed by atoms with Gasteiger partial charge in [-0.05, 0) is 30.3 Å². The molecule has 0 unspecified atom stereocenters. The third kappa shape index (κ3) is 4.32. The number of hydrogen-bond donors (Lipinski definition) is 3. The van der Waals surface area contributed by atoms with Gasteiger partial charge in [0, 0.05) is 11.5 Å². The van der Waals surface area contributed by atoms with Gasteiger partial charge in [-0.3, -0.25) is 14.8 Å². The van der Waals surface area contributed by atoms with Crippen LogP contribution in [0.5, 0.6) is 11.6 Å². The van der Waals surface area contributed by atoms with Crippen molar-refractivity contribution in [2.24, 2.45) is 10.2 Å². The molecule has 0 atom stereocenters. The maximum Gasteiger partial charge on any atom is 0.298 e. The fourth-order valence-electron chi connectivity index (χ4n) is 3.15. The number of rotatable bonds is 7. The van der Waals surface area contributed by atoms with Crippen LogP contribution in [0.25, 0.3) is 10.9 Å². The highest BCUT2D eigenvalue weighted by Gasteiger charge is 2.23. The summed E-state index contributed by atoms with van der Waals surface area (Å²) in [6, 6.07) is 16.5. The Morgan fingerprint density at radius 3 is 2.55 bits per heavy atom. The number of fused-ring (bicyclic) bond motifs is 1. The first-order valence-corrected chi connectivity index (χ1v) is 10.9. The van der Waals surface area contributed by atoms with Gasteiger partial charge in [-0.25, -0.2) is 8.42 Å². The van der Waals surface area contributed by atoms with E-state index >= 15 is 0 Å². The SMILES string of the molecule is COc1ccccc1NS(=O)(=O)c1ccc(N=Nc2c(O)[nH]c3ccccc23)c([N+](=O)[O-])c1. The van der Waals surface area contributed by atoms with E-state index in [0.717, 1.165) is 6.07 Å². The number of nitro groups is 1. The van der Waals surface area contributed by atoms with Crippen molar-refractivity contribution in [3.05, 3.63) is 76.8 Å².